The number of hydrogen-bond donors (Lipinski definition) is 1. The van der Waals surface area contributed by atoms with Crippen LogP contribution < -0.4 is 5.32 Å². The second-order valence-corrected chi connectivity index (χ2v) is 5.09. The predicted octanol–water partition coefficient (Wildman–Crippen LogP) is 3.17. The van der Waals surface area contributed by atoms with Gasteiger partial charge in [-0.25, -0.2) is 0 Å². The first-order chi connectivity index (χ1) is 8.99. The number of nitrogens with one attached hydrogen (secondary N) is 1. The fourth-order valence-corrected chi connectivity index (χ4v) is 2.13. The van der Waals surface area contributed by atoms with Crippen LogP contribution in [0.3, 0.4) is 0 Å². The molecule has 0 fully saturated rings. The molecule has 1 aromatic carbocycles. The van der Waals surface area contributed by atoms with Crippen LogP contribution in [0.15, 0.2) is 24.3 Å². The Hall–Kier alpha value is -1.42. The van der Waals surface area contributed by atoms with Gasteiger partial charge in [-0.15, -0.1) is 0 Å². The Morgan fingerprint density at radius 1 is 1.21 bits per heavy atom. The molecule has 0 saturated heterocycles. The lowest BCUT2D eigenvalue weighted by Gasteiger charge is -2.21. The monoisotopic (exact) mass is 278 g/mol. The summed E-state index contributed by atoms with van der Waals surface area (Å²) in [5, 5.41) is 3.25. The van der Waals surface area contributed by atoms with Crippen molar-refractivity contribution in [3.63, 3.8) is 0 Å². The van der Waals surface area contributed by atoms with Gasteiger partial charge in [0.2, 0.25) is 0 Å². The minimum absolute atomic E-state index is 0.146. The largest absolute Gasteiger partial charge is 0.350 e. The van der Waals surface area contributed by atoms with Crippen molar-refractivity contribution in [3.05, 3.63) is 35.4 Å². The summed E-state index contributed by atoms with van der Waals surface area (Å²) in [7, 11) is 0. The van der Waals surface area contributed by atoms with Gasteiger partial charge in [0.1, 0.15) is 0 Å². The summed E-state index contributed by atoms with van der Waals surface area (Å²) in [6.45, 7) is 9.87. The van der Waals surface area contributed by atoms with Crippen molar-refractivity contribution in [2.75, 3.05) is 13.1 Å². The van der Waals surface area contributed by atoms with Crippen LogP contribution >= 0.6 is 12.2 Å². The molecule has 0 unspecified atom stereocenters. The Morgan fingerprint density at radius 3 is 2.16 bits per heavy atom. The maximum atomic E-state index is 12.0. The zero-order valence-corrected chi connectivity index (χ0v) is 12.9. The van der Waals surface area contributed by atoms with Crippen molar-refractivity contribution in [2.24, 2.45) is 0 Å². The van der Waals surface area contributed by atoms with Gasteiger partial charge in [0.05, 0.1) is 0 Å². The number of nitrogens with zero attached hydrogens (tertiary/aromatic N) is 1. The van der Waals surface area contributed by atoms with E-state index in [0.29, 0.717) is 16.6 Å². The van der Waals surface area contributed by atoms with E-state index in [-0.39, 0.29) is 5.91 Å². The zero-order valence-electron chi connectivity index (χ0n) is 12.1. The van der Waals surface area contributed by atoms with Gasteiger partial charge in [0.25, 0.3) is 5.91 Å². The van der Waals surface area contributed by atoms with Gasteiger partial charge in [-0.2, -0.15) is 0 Å². The first-order valence-electron chi connectivity index (χ1n) is 6.69. The quantitative estimate of drug-likeness (QED) is 0.859. The molecule has 0 aliphatic carbocycles. The lowest BCUT2D eigenvalue weighted by Crippen LogP contribution is -2.42. The molecule has 3 nitrogen and oxygen atoms in total. The molecular formula is C15H22N2OS. The third kappa shape index (κ3) is 4.31. The standard InChI is InChI=1S/C15H22N2OS/c1-5-17(6-2)15(19)16-14(18)13-9-7-12(8-10-13)11(3)4/h7-11H,5-6H2,1-4H3,(H,16,18,19). The molecule has 1 amide bonds. The summed E-state index contributed by atoms with van der Waals surface area (Å²) in [6, 6.07) is 7.66. The zero-order chi connectivity index (χ0) is 14.4. The minimum Gasteiger partial charge on any atom is -0.350 e. The van der Waals surface area contributed by atoms with Gasteiger partial charge in [-0.05, 0) is 49.7 Å². The highest BCUT2D eigenvalue weighted by atomic mass is 32.1. The molecular weight excluding hydrogens is 256 g/mol. The van der Waals surface area contributed by atoms with E-state index in [0.717, 1.165) is 13.1 Å². The number of carbonyl (C=O) groups is 1. The van der Waals surface area contributed by atoms with Crippen LogP contribution in [-0.4, -0.2) is 29.0 Å². The van der Waals surface area contributed by atoms with Crippen molar-refractivity contribution >= 4 is 23.2 Å². The summed E-state index contributed by atoms with van der Waals surface area (Å²) in [6.07, 6.45) is 0. The van der Waals surface area contributed by atoms with E-state index in [4.69, 9.17) is 12.2 Å². The Balaban J connectivity index is 2.70. The molecule has 0 radical (unpaired) electrons. The molecule has 1 N–H and O–H groups in total. The fourth-order valence-electron chi connectivity index (χ4n) is 1.78. The van der Waals surface area contributed by atoms with Crippen LogP contribution in [0.4, 0.5) is 0 Å². The number of rotatable bonds is 4. The van der Waals surface area contributed by atoms with E-state index >= 15 is 0 Å². The van der Waals surface area contributed by atoms with E-state index in [2.05, 4.69) is 19.2 Å². The van der Waals surface area contributed by atoms with Crippen LogP contribution in [0, 0.1) is 0 Å². The number of carbonyl (C=O) groups excluding carboxylic acids is 1. The minimum atomic E-state index is -0.146. The Bertz CT molecular complexity index is 436. The van der Waals surface area contributed by atoms with E-state index in [1.807, 2.05) is 43.0 Å². The number of hydrogen-bond acceptors (Lipinski definition) is 2. The molecule has 0 heterocycles. The van der Waals surface area contributed by atoms with E-state index in [1.165, 1.54) is 5.56 Å². The van der Waals surface area contributed by atoms with Crippen LogP contribution in [0.2, 0.25) is 0 Å². The Kier molecular flexibility index (Phi) is 5.96. The van der Waals surface area contributed by atoms with E-state index < -0.39 is 0 Å². The molecule has 0 aliphatic rings. The molecule has 1 aromatic rings. The van der Waals surface area contributed by atoms with Crippen LogP contribution in [-0.2, 0) is 0 Å². The molecule has 0 saturated carbocycles. The maximum Gasteiger partial charge on any atom is 0.257 e. The molecule has 0 bridgehead atoms. The number of benzene rings is 1. The average Bonchev–Trinajstić information content (AvgIpc) is 2.40. The van der Waals surface area contributed by atoms with E-state index in [9.17, 15) is 4.79 Å². The molecule has 19 heavy (non-hydrogen) atoms. The third-order valence-corrected chi connectivity index (χ3v) is 3.47. The van der Waals surface area contributed by atoms with Crippen molar-refractivity contribution in [2.45, 2.75) is 33.6 Å². The summed E-state index contributed by atoms with van der Waals surface area (Å²) in [5.74, 6) is 0.320. The topological polar surface area (TPSA) is 32.3 Å². The van der Waals surface area contributed by atoms with Gasteiger partial charge >= 0.3 is 0 Å². The van der Waals surface area contributed by atoms with Crippen molar-refractivity contribution < 1.29 is 4.79 Å². The first-order valence-corrected chi connectivity index (χ1v) is 7.10. The second-order valence-electron chi connectivity index (χ2n) is 4.71. The van der Waals surface area contributed by atoms with Gasteiger partial charge < -0.3 is 4.90 Å². The average molecular weight is 278 g/mol. The van der Waals surface area contributed by atoms with Crippen molar-refractivity contribution in [1.82, 2.24) is 10.2 Å². The maximum absolute atomic E-state index is 12.0. The van der Waals surface area contributed by atoms with Gasteiger partial charge in [-0.3, -0.25) is 10.1 Å². The second kappa shape index (κ2) is 7.24. The van der Waals surface area contributed by atoms with Gasteiger partial charge in [0, 0.05) is 18.7 Å². The third-order valence-electron chi connectivity index (χ3n) is 3.11. The molecule has 0 spiro atoms. The summed E-state index contributed by atoms with van der Waals surface area (Å²) >= 11 is 5.21. The van der Waals surface area contributed by atoms with Crippen LogP contribution in [0.1, 0.15) is 49.5 Å². The summed E-state index contributed by atoms with van der Waals surface area (Å²) in [5.41, 5.74) is 1.86. The first kappa shape index (κ1) is 15.6. The number of thiocarbonyl (C=S) groups is 1. The van der Waals surface area contributed by atoms with Crippen molar-refractivity contribution in [1.29, 1.82) is 0 Å². The van der Waals surface area contributed by atoms with E-state index in [1.54, 1.807) is 0 Å². The van der Waals surface area contributed by atoms with Gasteiger partial charge in [-0.1, -0.05) is 26.0 Å². The smallest absolute Gasteiger partial charge is 0.257 e. The highest BCUT2D eigenvalue weighted by Gasteiger charge is 2.11. The SMILES string of the molecule is CCN(CC)C(=S)NC(=O)c1ccc(C(C)C)cc1. The summed E-state index contributed by atoms with van der Waals surface area (Å²) in [4.78, 5) is 14.0. The molecule has 0 aromatic heterocycles. The molecule has 4 heteroatoms. The fraction of sp³-hybridized carbons (Fsp3) is 0.467. The molecule has 104 valence electrons. The lowest BCUT2D eigenvalue weighted by atomic mass is 10.0. The normalized spacial score (nSPS) is 10.4. The highest BCUT2D eigenvalue weighted by molar-refractivity contribution is 7.80. The number of amides is 1. The summed E-state index contributed by atoms with van der Waals surface area (Å²) < 4.78 is 0. The Labute approximate surface area is 121 Å². The van der Waals surface area contributed by atoms with Gasteiger partial charge in [0.15, 0.2) is 5.11 Å². The van der Waals surface area contributed by atoms with Crippen LogP contribution in [0.5, 0.6) is 0 Å². The molecule has 0 atom stereocenters. The molecule has 0 aliphatic heterocycles. The predicted molar refractivity (Wildman–Crippen MR) is 83.5 cm³/mol. The Morgan fingerprint density at radius 2 is 1.74 bits per heavy atom. The highest BCUT2D eigenvalue weighted by Crippen LogP contribution is 2.14. The van der Waals surface area contributed by atoms with Crippen molar-refractivity contribution in [3.8, 4) is 0 Å². The molecule has 1 rings (SSSR count). The lowest BCUT2D eigenvalue weighted by molar-refractivity contribution is 0.0973. The van der Waals surface area contributed by atoms with Crippen LogP contribution in [0.25, 0.3) is 0 Å².